The molecule has 2 aromatic rings. The Morgan fingerprint density at radius 2 is 1.92 bits per heavy atom. The van der Waals surface area contributed by atoms with Gasteiger partial charge in [0.05, 0.1) is 10.7 Å². The predicted octanol–water partition coefficient (Wildman–Crippen LogP) is 3.91. The molecular weight excluding hydrogens is 363 g/mol. The van der Waals surface area contributed by atoms with Crippen LogP contribution in [-0.4, -0.2) is 39.0 Å². The zero-order chi connectivity index (χ0) is 18.1. The lowest BCUT2D eigenvalue weighted by Gasteiger charge is -2.32. The average molecular weight is 383 g/mol. The van der Waals surface area contributed by atoms with Gasteiger partial charge in [-0.05, 0) is 25.7 Å². The van der Waals surface area contributed by atoms with Crippen molar-refractivity contribution in [3.05, 3.63) is 34.2 Å². The van der Waals surface area contributed by atoms with E-state index in [-0.39, 0.29) is 11.9 Å². The molecule has 0 aromatic carbocycles. The number of rotatable bonds is 5. The van der Waals surface area contributed by atoms with Crippen molar-refractivity contribution < 1.29 is 13.2 Å². The SMILES string of the molecule is FC(F)(F)c1cc(NC2CCN(Cc3csc(C4CC4)n3)CC2)ncn1. The van der Waals surface area contributed by atoms with E-state index >= 15 is 0 Å². The number of hydrogen-bond donors (Lipinski definition) is 1. The van der Waals surface area contributed by atoms with Crippen LogP contribution in [0.3, 0.4) is 0 Å². The molecule has 0 atom stereocenters. The van der Waals surface area contributed by atoms with Crippen LogP contribution >= 0.6 is 11.3 Å². The first-order chi connectivity index (χ1) is 12.5. The summed E-state index contributed by atoms with van der Waals surface area (Å²) >= 11 is 1.76. The van der Waals surface area contributed by atoms with Crippen LogP contribution in [0.5, 0.6) is 0 Å². The zero-order valence-electron chi connectivity index (χ0n) is 14.2. The Bertz CT molecular complexity index is 751. The molecule has 1 saturated heterocycles. The van der Waals surface area contributed by atoms with Gasteiger partial charge in [-0.3, -0.25) is 4.90 Å². The monoisotopic (exact) mass is 383 g/mol. The molecule has 3 heterocycles. The van der Waals surface area contributed by atoms with E-state index in [1.165, 1.54) is 17.8 Å². The summed E-state index contributed by atoms with van der Waals surface area (Å²) in [4.78, 5) is 14.3. The smallest absolute Gasteiger partial charge is 0.367 e. The number of likely N-dealkylation sites (tertiary alicyclic amines) is 1. The van der Waals surface area contributed by atoms with Gasteiger partial charge in [0.15, 0.2) is 0 Å². The van der Waals surface area contributed by atoms with Crippen molar-refractivity contribution in [1.82, 2.24) is 19.9 Å². The highest BCUT2D eigenvalue weighted by Gasteiger charge is 2.33. The molecule has 2 aliphatic rings. The fraction of sp³-hybridized carbons (Fsp3) is 0.588. The second kappa shape index (κ2) is 7.11. The number of aromatic nitrogens is 3. The van der Waals surface area contributed by atoms with Gasteiger partial charge in [-0.1, -0.05) is 0 Å². The third kappa shape index (κ3) is 4.32. The summed E-state index contributed by atoms with van der Waals surface area (Å²) in [6.07, 6.45) is 0.776. The highest BCUT2D eigenvalue weighted by Crippen LogP contribution is 2.41. The van der Waals surface area contributed by atoms with Crippen molar-refractivity contribution >= 4 is 17.2 Å². The summed E-state index contributed by atoms with van der Waals surface area (Å²) in [6.45, 7) is 2.64. The third-order valence-corrected chi connectivity index (χ3v) is 5.83. The third-order valence-electron chi connectivity index (χ3n) is 4.78. The van der Waals surface area contributed by atoms with E-state index in [9.17, 15) is 13.2 Å². The van der Waals surface area contributed by atoms with Crippen molar-refractivity contribution in [2.75, 3.05) is 18.4 Å². The van der Waals surface area contributed by atoms with E-state index < -0.39 is 11.9 Å². The second-order valence-electron chi connectivity index (χ2n) is 6.93. The minimum Gasteiger partial charge on any atom is -0.367 e. The number of hydrogen-bond acceptors (Lipinski definition) is 6. The minimum absolute atomic E-state index is 0.125. The van der Waals surface area contributed by atoms with Gasteiger partial charge in [-0.2, -0.15) is 13.2 Å². The van der Waals surface area contributed by atoms with Crippen molar-refractivity contribution in [1.29, 1.82) is 0 Å². The molecule has 5 nitrogen and oxygen atoms in total. The van der Waals surface area contributed by atoms with Crippen LogP contribution in [-0.2, 0) is 12.7 Å². The molecule has 0 radical (unpaired) electrons. The molecule has 0 spiro atoms. The molecule has 1 aliphatic heterocycles. The lowest BCUT2D eigenvalue weighted by molar-refractivity contribution is -0.141. The average Bonchev–Trinajstić information content (AvgIpc) is 3.36. The van der Waals surface area contributed by atoms with Crippen LogP contribution in [0, 0.1) is 0 Å². The summed E-state index contributed by atoms with van der Waals surface area (Å²) in [6, 6.07) is 1.10. The van der Waals surface area contributed by atoms with Gasteiger partial charge >= 0.3 is 6.18 Å². The van der Waals surface area contributed by atoms with Crippen LogP contribution in [0.4, 0.5) is 19.0 Å². The summed E-state index contributed by atoms with van der Waals surface area (Å²) in [7, 11) is 0. The van der Waals surface area contributed by atoms with Gasteiger partial charge < -0.3 is 5.32 Å². The largest absolute Gasteiger partial charge is 0.433 e. The molecule has 1 N–H and O–H groups in total. The second-order valence-corrected chi connectivity index (χ2v) is 7.82. The van der Waals surface area contributed by atoms with Gasteiger partial charge in [-0.15, -0.1) is 11.3 Å². The standard InChI is InChI=1S/C17H20F3N5S/c18-17(19,20)14-7-15(22-10-21-14)23-12-3-5-25(6-4-12)8-13-9-26-16(24-13)11-1-2-11/h7,9-12H,1-6,8H2,(H,21,22,23). The van der Waals surface area contributed by atoms with E-state index in [2.05, 4.69) is 25.6 Å². The summed E-state index contributed by atoms with van der Waals surface area (Å²) in [5, 5.41) is 6.53. The topological polar surface area (TPSA) is 53.9 Å². The van der Waals surface area contributed by atoms with Crippen LogP contribution in [0.2, 0.25) is 0 Å². The van der Waals surface area contributed by atoms with E-state index in [4.69, 9.17) is 4.98 Å². The van der Waals surface area contributed by atoms with Crippen LogP contribution in [0.1, 0.15) is 48.0 Å². The molecule has 4 rings (SSSR count). The lowest BCUT2D eigenvalue weighted by atomic mass is 10.0. The van der Waals surface area contributed by atoms with E-state index in [0.717, 1.165) is 50.6 Å². The van der Waals surface area contributed by atoms with Gasteiger partial charge in [0.1, 0.15) is 17.8 Å². The van der Waals surface area contributed by atoms with E-state index in [0.29, 0.717) is 5.92 Å². The number of piperidine rings is 1. The molecule has 0 bridgehead atoms. The Morgan fingerprint density at radius 1 is 1.15 bits per heavy atom. The Morgan fingerprint density at radius 3 is 2.62 bits per heavy atom. The number of alkyl halides is 3. The van der Waals surface area contributed by atoms with Crippen molar-refractivity contribution in [3.63, 3.8) is 0 Å². The van der Waals surface area contributed by atoms with Gasteiger partial charge in [0.2, 0.25) is 0 Å². The highest BCUT2D eigenvalue weighted by atomic mass is 32.1. The van der Waals surface area contributed by atoms with Gasteiger partial charge in [-0.25, -0.2) is 15.0 Å². The molecule has 0 unspecified atom stereocenters. The summed E-state index contributed by atoms with van der Waals surface area (Å²) < 4.78 is 38.2. The zero-order valence-corrected chi connectivity index (χ0v) is 15.0. The maximum absolute atomic E-state index is 12.7. The fourth-order valence-electron chi connectivity index (χ4n) is 3.18. The first-order valence-electron chi connectivity index (χ1n) is 8.80. The molecule has 1 saturated carbocycles. The number of anilines is 1. The van der Waals surface area contributed by atoms with Gasteiger partial charge in [0.25, 0.3) is 0 Å². The van der Waals surface area contributed by atoms with Crippen LogP contribution in [0.15, 0.2) is 17.8 Å². The Labute approximate surface area is 153 Å². The number of halogens is 3. The Hall–Kier alpha value is -1.74. The van der Waals surface area contributed by atoms with Crippen molar-refractivity contribution in [2.45, 2.75) is 50.4 Å². The highest BCUT2D eigenvalue weighted by molar-refractivity contribution is 7.09. The van der Waals surface area contributed by atoms with E-state index in [1.54, 1.807) is 11.3 Å². The molecule has 26 heavy (non-hydrogen) atoms. The van der Waals surface area contributed by atoms with Crippen molar-refractivity contribution in [2.24, 2.45) is 0 Å². The first-order valence-corrected chi connectivity index (χ1v) is 9.68. The van der Waals surface area contributed by atoms with Crippen LogP contribution in [0.25, 0.3) is 0 Å². The van der Waals surface area contributed by atoms with Gasteiger partial charge in [0, 0.05) is 43.0 Å². The predicted molar refractivity (Wildman–Crippen MR) is 93.0 cm³/mol. The maximum Gasteiger partial charge on any atom is 0.433 e. The summed E-state index contributed by atoms with van der Waals surface area (Å²) in [5.41, 5.74) is 0.219. The summed E-state index contributed by atoms with van der Waals surface area (Å²) in [5.74, 6) is 0.928. The molecule has 9 heteroatoms. The molecule has 140 valence electrons. The number of thiazole rings is 1. The number of nitrogens with zero attached hydrogens (tertiary/aromatic N) is 4. The lowest BCUT2D eigenvalue weighted by Crippen LogP contribution is -2.38. The Balaban J connectivity index is 1.28. The van der Waals surface area contributed by atoms with Crippen LogP contribution < -0.4 is 5.32 Å². The maximum atomic E-state index is 12.7. The normalized spacial score (nSPS) is 19.7. The quantitative estimate of drug-likeness (QED) is 0.849. The molecular formula is C17H20F3N5S. The number of nitrogens with one attached hydrogen (secondary N) is 1. The fourth-order valence-corrected chi connectivity index (χ4v) is 4.16. The first kappa shape index (κ1) is 17.7. The molecule has 2 fully saturated rings. The molecule has 2 aromatic heterocycles. The Kier molecular flexibility index (Phi) is 4.83. The van der Waals surface area contributed by atoms with Crippen molar-refractivity contribution in [3.8, 4) is 0 Å². The minimum atomic E-state index is -4.45. The molecule has 0 amide bonds. The molecule has 1 aliphatic carbocycles. The van der Waals surface area contributed by atoms with E-state index in [1.807, 2.05) is 0 Å².